The van der Waals surface area contributed by atoms with E-state index in [4.69, 9.17) is 26.3 Å². The van der Waals surface area contributed by atoms with Crippen LogP contribution in [0.4, 0.5) is 0 Å². The third-order valence-electron chi connectivity index (χ3n) is 4.65. The van der Waals surface area contributed by atoms with E-state index in [1.807, 2.05) is 6.07 Å². The maximum absolute atomic E-state index is 12.5. The Kier molecular flexibility index (Phi) is 6.46. The molecule has 0 saturated heterocycles. The minimum absolute atomic E-state index is 0.0354. The molecule has 0 amide bonds. The Labute approximate surface area is 181 Å². The largest absolute Gasteiger partial charge is 0.490 e. The first kappa shape index (κ1) is 22.1. The van der Waals surface area contributed by atoms with Crippen LogP contribution in [0.25, 0.3) is 11.2 Å². The second kappa shape index (κ2) is 9.06. The van der Waals surface area contributed by atoms with Gasteiger partial charge in [-0.3, -0.25) is 18.7 Å². The normalized spacial score (nSPS) is 10.8. The van der Waals surface area contributed by atoms with Gasteiger partial charge in [0.25, 0.3) is 5.56 Å². The summed E-state index contributed by atoms with van der Waals surface area (Å²) in [5, 5.41) is 9.15. The van der Waals surface area contributed by atoms with Crippen LogP contribution in [-0.4, -0.2) is 31.3 Å². The van der Waals surface area contributed by atoms with E-state index in [1.165, 1.54) is 37.1 Å². The molecule has 0 aliphatic carbocycles. The van der Waals surface area contributed by atoms with Crippen molar-refractivity contribution in [3.8, 4) is 17.6 Å². The minimum atomic E-state index is -0.544. The van der Waals surface area contributed by atoms with Crippen molar-refractivity contribution in [2.75, 3.05) is 6.61 Å². The molecule has 2 heterocycles. The maximum Gasteiger partial charge on any atom is 0.332 e. The van der Waals surface area contributed by atoms with Gasteiger partial charge in [-0.25, -0.2) is 9.78 Å². The Hall–Kier alpha value is -3.58. The molecule has 3 aromatic rings. The molecule has 11 heteroatoms. The van der Waals surface area contributed by atoms with Crippen LogP contribution in [0.5, 0.6) is 11.5 Å². The van der Waals surface area contributed by atoms with Gasteiger partial charge < -0.3 is 14.0 Å². The van der Waals surface area contributed by atoms with E-state index in [1.54, 1.807) is 11.5 Å². The zero-order valence-electron chi connectivity index (χ0n) is 17.2. The highest BCUT2D eigenvalue weighted by Crippen LogP contribution is 2.36. The Morgan fingerprint density at radius 1 is 1.26 bits per heavy atom. The number of esters is 1. The molecule has 0 aliphatic rings. The number of carbonyl (C=O) groups is 1. The molecular formula is C20H20ClN5O5. The molecule has 0 saturated carbocycles. The lowest BCUT2D eigenvalue weighted by Crippen LogP contribution is -2.37. The Balaban J connectivity index is 1.73. The molecule has 31 heavy (non-hydrogen) atoms. The average molecular weight is 446 g/mol. The highest BCUT2D eigenvalue weighted by atomic mass is 35.5. The van der Waals surface area contributed by atoms with Crippen molar-refractivity contribution in [2.45, 2.75) is 26.3 Å². The number of hydrogen-bond acceptors (Lipinski definition) is 7. The summed E-state index contributed by atoms with van der Waals surface area (Å²) in [6, 6.07) is 4.81. The predicted molar refractivity (Wildman–Crippen MR) is 112 cm³/mol. The molecule has 0 unspecified atom stereocenters. The van der Waals surface area contributed by atoms with E-state index in [0.29, 0.717) is 19.6 Å². The lowest BCUT2D eigenvalue weighted by atomic mass is 10.2. The molecule has 0 atom stereocenters. The summed E-state index contributed by atoms with van der Waals surface area (Å²) in [4.78, 5) is 41.0. The van der Waals surface area contributed by atoms with E-state index in [2.05, 4.69) is 4.98 Å². The average Bonchev–Trinajstić information content (AvgIpc) is 3.17. The third kappa shape index (κ3) is 4.32. The smallest absolute Gasteiger partial charge is 0.332 e. The van der Waals surface area contributed by atoms with Crippen molar-refractivity contribution in [3.63, 3.8) is 0 Å². The first-order valence-electron chi connectivity index (χ1n) is 9.46. The third-order valence-corrected chi connectivity index (χ3v) is 4.93. The van der Waals surface area contributed by atoms with Gasteiger partial charge >= 0.3 is 11.7 Å². The Morgan fingerprint density at radius 3 is 2.68 bits per heavy atom. The molecule has 0 N–H and O–H groups in total. The van der Waals surface area contributed by atoms with Gasteiger partial charge in [-0.2, -0.15) is 5.26 Å². The number of halogens is 1. The van der Waals surface area contributed by atoms with Gasteiger partial charge in [0.15, 0.2) is 22.7 Å². The number of aromatic nitrogens is 4. The van der Waals surface area contributed by atoms with Crippen LogP contribution in [0.2, 0.25) is 5.02 Å². The van der Waals surface area contributed by atoms with Crippen LogP contribution in [0.1, 0.15) is 25.3 Å². The summed E-state index contributed by atoms with van der Waals surface area (Å²) in [7, 11) is 2.94. The van der Waals surface area contributed by atoms with Gasteiger partial charge in [0.05, 0.1) is 29.6 Å². The van der Waals surface area contributed by atoms with E-state index in [0.717, 1.165) is 4.57 Å². The second-order valence-corrected chi connectivity index (χ2v) is 7.13. The van der Waals surface area contributed by atoms with Gasteiger partial charge in [0.1, 0.15) is 0 Å². The molecule has 0 fully saturated rings. The molecular weight excluding hydrogens is 426 g/mol. The van der Waals surface area contributed by atoms with Crippen molar-refractivity contribution >= 4 is 28.7 Å². The number of imidazole rings is 1. The number of nitrogens with zero attached hydrogens (tertiary/aromatic N) is 5. The number of hydrogen-bond donors (Lipinski definition) is 0. The first-order valence-corrected chi connectivity index (χ1v) is 9.84. The molecule has 10 nitrogen and oxygen atoms in total. The Morgan fingerprint density at radius 2 is 2.00 bits per heavy atom. The van der Waals surface area contributed by atoms with Crippen LogP contribution in [0.3, 0.4) is 0 Å². The fraction of sp³-hybridized carbons (Fsp3) is 0.350. The lowest BCUT2D eigenvalue weighted by molar-refractivity contribution is -0.134. The highest BCUT2D eigenvalue weighted by Gasteiger charge is 2.18. The van der Waals surface area contributed by atoms with Gasteiger partial charge in [0, 0.05) is 33.1 Å². The van der Waals surface area contributed by atoms with Crippen molar-refractivity contribution in [1.82, 2.24) is 18.7 Å². The van der Waals surface area contributed by atoms with Crippen LogP contribution >= 0.6 is 11.6 Å². The summed E-state index contributed by atoms with van der Waals surface area (Å²) >= 11 is 6.15. The summed E-state index contributed by atoms with van der Waals surface area (Å²) in [5.41, 5.74) is -0.0658. The second-order valence-electron chi connectivity index (χ2n) is 6.72. The lowest BCUT2D eigenvalue weighted by Gasteiger charge is -2.12. The van der Waals surface area contributed by atoms with Crippen molar-refractivity contribution in [3.05, 3.63) is 49.9 Å². The molecule has 1 aromatic carbocycles. The molecule has 0 radical (unpaired) electrons. The summed E-state index contributed by atoms with van der Waals surface area (Å²) in [6.45, 7) is 2.38. The predicted octanol–water partition coefficient (Wildman–Crippen LogP) is 1.74. The van der Waals surface area contributed by atoms with Crippen molar-refractivity contribution in [2.24, 2.45) is 14.1 Å². The topological polar surface area (TPSA) is 121 Å². The van der Waals surface area contributed by atoms with Crippen LogP contribution in [0, 0.1) is 11.3 Å². The van der Waals surface area contributed by atoms with Gasteiger partial charge in [-0.1, -0.05) is 11.6 Å². The summed E-state index contributed by atoms with van der Waals surface area (Å²) in [6.07, 6.45) is 1.85. The fourth-order valence-corrected chi connectivity index (χ4v) is 3.37. The molecule has 0 bridgehead atoms. The van der Waals surface area contributed by atoms with Crippen molar-refractivity contribution < 1.29 is 14.3 Å². The van der Waals surface area contributed by atoms with E-state index in [9.17, 15) is 14.4 Å². The number of benzene rings is 1. The van der Waals surface area contributed by atoms with Gasteiger partial charge in [0.2, 0.25) is 0 Å². The monoisotopic (exact) mass is 445 g/mol. The standard InChI is InChI=1S/C20H20ClN5O5/c1-4-30-14-9-12(10-22)8-13(21)17(14)31-15(27)6-5-7-26-11-23-18-16(26)19(28)25(3)20(29)24(18)2/h8-9,11H,4-7H2,1-3H3. The Bertz CT molecular complexity index is 1310. The molecule has 2 aromatic heterocycles. The van der Waals surface area contributed by atoms with Crippen LogP contribution < -0.4 is 20.7 Å². The molecule has 0 spiro atoms. The summed E-state index contributed by atoms with van der Waals surface area (Å²) in [5.74, 6) is -0.272. The van der Waals surface area contributed by atoms with Gasteiger partial charge in [-0.05, 0) is 19.4 Å². The summed E-state index contributed by atoms with van der Waals surface area (Å²) < 4.78 is 14.7. The fourth-order valence-electron chi connectivity index (χ4n) is 3.12. The van der Waals surface area contributed by atoms with E-state index in [-0.39, 0.29) is 39.7 Å². The minimum Gasteiger partial charge on any atom is -0.490 e. The number of fused-ring (bicyclic) bond motifs is 1. The molecule has 0 aliphatic heterocycles. The number of rotatable bonds is 7. The van der Waals surface area contributed by atoms with E-state index >= 15 is 0 Å². The van der Waals surface area contributed by atoms with Crippen LogP contribution in [-0.2, 0) is 25.4 Å². The maximum atomic E-state index is 12.5. The SMILES string of the molecule is CCOc1cc(C#N)cc(Cl)c1OC(=O)CCCn1cnc2c1c(=O)n(C)c(=O)n2C. The number of nitriles is 1. The zero-order valence-corrected chi connectivity index (χ0v) is 18.0. The highest BCUT2D eigenvalue weighted by molar-refractivity contribution is 6.32. The molecule has 3 rings (SSSR count). The zero-order chi connectivity index (χ0) is 22.7. The van der Waals surface area contributed by atoms with Crippen molar-refractivity contribution in [1.29, 1.82) is 5.26 Å². The quantitative estimate of drug-likeness (QED) is 0.401. The first-order chi connectivity index (χ1) is 14.8. The van der Waals surface area contributed by atoms with Gasteiger partial charge in [-0.15, -0.1) is 0 Å². The van der Waals surface area contributed by atoms with Crippen LogP contribution in [0.15, 0.2) is 28.0 Å². The molecule has 162 valence electrons. The number of carbonyl (C=O) groups excluding carboxylic acids is 1. The van der Waals surface area contributed by atoms with E-state index < -0.39 is 17.2 Å². The number of ether oxygens (including phenoxy) is 2. The number of aryl methyl sites for hydroxylation is 2.